The molecule has 8 heteroatoms. The Labute approximate surface area is 188 Å². The van der Waals surface area contributed by atoms with Crippen molar-refractivity contribution in [3.63, 3.8) is 0 Å². The van der Waals surface area contributed by atoms with Crippen molar-refractivity contribution >= 4 is 15.7 Å². The number of hydrogen-bond acceptors (Lipinski definition) is 6. The lowest BCUT2D eigenvalue weighted by molar-refractivity contribution is 0.297. The summed E-state index contributed by atoms with van der Waals surface area (Å²) in [4.78, 5) is 4.33. The van der Waals surface area contributed by atoms with Gasteiger partial charge in [0, 0.05) is 24.2 Å². The molecular weight excluding hydrogens is 428 g/mol. The summed E-state index contributed by atoms with van der Waals surface area (Å²) in [6.07, 6.45) is 2.29. The van der Waals surface area contributed by atoms with Crippen LogP contribution in [0.1, 0.15) is 32.8 Å². The standard InChI is InChI=1S/C24H26N2O5S/c1-24(2,3)18-8-4-5-10-20(18)31-23-19(9-6-13-25-23)26-32(27,28)17-11-12-21-22(16-17)30-15-7-14-29-21/h4-6,8-13,16,26H,7,14-15H2,1-3H3. The number of nitrogens with one attached hydrogen (secondary N) is 1. The van der Waals surface area contributed by atoms with Crippen molar-refractivity contribution in [2.24, 2.45) is 0 Å². The lowest BCUT2D eigenvalue weighted by atomic mass is 9.86. The van der Waals surface area contributed by atoms with Crippen molar-refractivity contribution < 1.29 is 22.6 Å². The molecule has 0 fully saturated rings. The molecule has 1 aromatic heterocycles. The predicted octanol–water partition coefficient (Wildman–Crippen LogP) is 5.13. The molecule has 0 aliphatic carbocycles. The molecule has 2 aromatic carbocycles. The Morgan fingerprint density at radius 1 is 0.969 bits per heavy atom. The van der Waals surface area contributed by atoms with E-state index in [-0.39, 0.29) is 21.9 Å². The Morgan fingerprint density at radius 2 is 1.72 bits per heavy atom. The van der Waals surface area contributed by atoms with Crippen LogP contribution in [0.25, 0.3) is 0 Å². The Kier molecular flexibility index (Phi) is 5.97. The first-order valence-corrected chi connectivity index (χ1v) is 11.9. The second kappa shape index (κ2) is 8.70. The first-order chi connectivity index (χ1) is 15.2. The van der Waals surface area contributed by atoms with Crippen LogP contribution in [0.5, 0.6) is 23.1 Å². The van der Waals surface area contributed by atoms with Gasteiger partial charge in [-0.1, -0.05) is 39.0 Å². The molecule has 32 heavy (non-hydrogen) atoms. The van der Waals surface area contributed by atoms with Crippen LogP contribution >= 0.6 is 0 Å². The highest BCUT2D eigenvalue weighted by molar-refractivity contribution is 7.92. The molecule has 4 rings (SSSR count). The van der Waals surface area contributed by atoms with Gasteiger partial charge < -0.3 is 14.2 Å². The minimum absolute atomic E-state index is 0.0617. The van der Waals surface area contributed by atoms with Crippen LogP contribution in [0.4, 0.5) is 5.69 Å². The number of hydrogen-bond donors (Lipinski definition) is 1. The third-order valence-electron chi connectivity index (χ3n) is 4.95. The van der Waals surface area contributed by atoms with Crippen LogP contribution < -0.4 is 18.9 Å². The number of sulfonamides is 1. The summed E-state index contributed by atoms with van der Waals surface area (Å²) in [7, 11) is -3.92. The Morgan fingerprint density at radius 3 is 2.50 bits per heavy atom. The van der Waals surface area contributed by atoms with Crippen LogP contribution in [0.3, 0.4) is 0 Å². The van der Waals surface area contributed by atoms with E-state index in [1.165, 1.54) is 12.1 Å². The predicted molar refractivity (Wildman–Crippen MR) is 122 cm³/mol. The van der Waals surface area contributed by atoms with E-state index in [0.29, 0.717) is 30.5 Å². The summed E-state index contributed by atoms with van der Waals surface area (Å²) < 4.78 is 46.1. The van der Waals surface area contributed by atoms with E-state index >= 15 is 0 Å². The van der Waals surface area contributed by atoms with Crippen LogP contribution in [0.15, 0.2) is 65.7 Å². The molecule has 0 amide bonds. The number of ether oxygens (including phenoxy) is 3. The van der Waals surface area contributed by atoms with Gasteiger partial charge in [-0.25, -0.2) is 13.4 Å². The maximum atomic E-state index is 13.1. The first kappa shape index (κ1) is 22.0. The van der Waals surface area contributed by atoms with Crippen molar-refractivity contribution in [1.82, 2.24) is 4.98 Å². The van der Waals surface area contributed by atoms with Gasteiger partial charge in [0.2, 0.25) is 5.88 Å². The number of aromatic nitrogens is 1. The van der Waals surface area contributed by atoms with Crippen molar-refractivity contribution in [2.45, 2.75) is 37.5 Å². The quantitative estimate of drug-likeness (QED) is 0.575. The van der Waals surface area contributed by atoms with Gasteiger partial charge in [-0.3, -0.25) is 4.72 Å². The highest BCUT2D eigenvalue weighted by Gasteiger charge is 2.23. The molecule has 2 heterocycles. The van der Waals surface area contributed by atoms with E-state index in [9.17, 15) is 8.42 Å². The summed E-state index contributed by atoms with van der Waals surface area (Å²) >= 11 is 0. The molecule has 0 spiro atoms. The van der Waals surface area contributed by atoms with Crippen LogP contribution in [-0.2, 0) is 15.4 Å². The molecular formula is C24H26N2O5S. The highest BCUT2D eigenvalue weighted by Crippen LogP contribution is 2.37. The average molecular weight is 455 g/mol. The van der Waals surface area contributed by atoms with Gasteiger partial charge in [-0.15, -0.1) is 0 Å². The largest absolute Gasteiger partial charge is 0.490 e. The van der Waals surface area contributed by atoms with E-state index in [1.807, 2.05) is 24.3 Å². The van der Waals surface area contributed by atoms with Gasteiger partial charge >= 0.3 is 0 Å². The van der Waals surface area contributed by atoms with Crippen LogP contribution in [0.2, 0.25) is 0 Å². The molecule has 0 atom stereocenters. The zero-order valence-corrected chi connectivity index (χ0v) is 19.1. The molecule has 0 bridgehead atoms. The number of anilines is 1. The summed E-state index contributed by atoms with van der Waals surface area (Å²) in [5, 5.41) is 0. The number of nitrogens with zero attached hydrogens (tertiary/aromatic N) is 1. The molecule has 3 aromatic rings. The Bertz CT molecular complexity index is 1220. The number of para-hydroxylation sites is 1. The lowest BCUT2D eigenvalue weighted by Crippen LogP contribution is -2.15. The number of fused-ring (bicyclic) bond motifs is 1. The van der Waals surface area contributed by atoms with Gasteiger partial charge in [0.25, 0.3) is 10.0 Å². The van der Waals surface area contributed by atoms with Crippen LogP contribution in [0, 0.1) is 0 Å². The number of pyridine rings is 1. The van der Waals surface area contributed by atoms with E-state index in [1.54, 1.807) is 24.4 Å². The average Bonchev–Trinajstić information content (AvgIpc) is 2.99. The van der Waals surface area contributed by atoms with E-state index in [2.05, 4.69) is 30.5 Å². The van der Waals surface area contributed by atoms with Crippen molar-refractivity contribution in [3.05, 3.63) is 66.4 Å². The second-order valence-corrected chi connectivity index (χ2v) is 10.2. The van der Waals surface area contributed by atoms with Gasteiger partial charge in [-0.05, 0) is 35.7 Å². The molecule has 7 nitrogen and oxygen atoms in total. The third-order valence-corrected chi connectivity index (χ3v) is 6.31. The van der Waals surface area contributed by atoms with Crippen LogP contribution in [-0.4, -0.2) is 26.6 Å². The summed E-state index contributed by atoms with van der Waals surface area (Å²) in [6, 6.07) is 15.5. The van der Waals surface area contributed by atoms with Gasteiger partial charge in [0.15, 0.2) is 11.5 Å². The van der Waals surface area contributed by atoms with Gasteiger partial charge in [0.05, 0.1) is 18.1 Å². The van der Waals surface area contributed by atoms with Crippen molar-refractivity contribution in [3.8, 4) is 23.1 Å². The lowest BCUT2D eigenvalue weighted by Gasteiger charge is -2.22. The van der Waals surface area contributed by atoms with E-state index < -0.39 is 10.0 Å². The minimum atomic E-state index is -3.92. The normalized spacial score (nSPS) is 13.8. The van der Waals surface area contributed by atoms with E-state index in [4.69, 9.17) is 14.2 Å². The smallest absolute Gasteiger partial charge is 0.262 e. The van der Waals surface area contributed by atoms with Gasteiger partial charge in [-0.2, -0.15) is 0 Å². The summed E-state index contributed by atoms with van der Waals surface area (Å²) in [5.41, 5.74) is 1.07. The molecule has 1 aliphatic heterocycles. The Balaban J connectivity index is 1.64. The molecule has 0 saturated carbocycles. The molecule has 1 N–H and O–H groups in total. The van der Waals surface area contributed by atoms with Crippen molar-refractivity contribution in [2.75, 3.05) is 17.9 Å². The van der Waals surface area contributed by atoms with Crippen molar-refractivity contribution in [1.29, 1.82) is 0 Å². The molecule has 168 valence electrons. The molecule has 0 unspecified atom stereocenters. The fourth-order valence-electron chi connectivity index (χ4n) is 3.34. The maximum absolute atomic E-state index is 13.1. The fraction of sp³-hybridized carbons (Fsp3) is 0.292. The Hall–Kier alpha value is -3.26. The second-order valence-electron chi connectivity index (χ2n) is 8.47. The fourth-order valence-corrected chi connectivity index (χ4v) is 4.42. The van der Waals surface area contributed by atoms with Gasteiger partial charge in [0.1, 0.15) is 11.4 Å². The van der Waals surface area contributed by atoms with E-state index in [0.717, 1.165) is 12.0 Å². The summed E-state index contributed by atoms with van der Waals surface area (Å²) in [5.74, 6) is 1.73. The zero-order chi connectivity index (χ0) is 22.8. The molecule has 1 aliphatic rings. The minimum Gasteiger partial charge on any atom is -0.490 e. The topological polar surface area (TPSA) is 86.8 Å². The SMILES string of the molecule is CC(C)(C)c1ccccc1Oc1ncccc1NS(=O)(=O)c1ccc2c(c1)OCCCO2. The number of rotatable bonds is 5. The first-order valence-electron chi connectivity index (χ1n) is 10.4. The monoisotopic (exact) mass is 454 g/mol. The summed E-state index contributed by atoms with van der Waals surface area (Å²) in [6.45, 7) is 7.26. The molecule has 0 saturated heterocycles. The zero-order valence-electron chi connectivity index (χ0n) is 18.3. The third kappa shape index (κ3) is 4.80. The highest BCUT2D eigenvalue weighted by atomic mass is 32.2. The molecule has 0 radical (unpaired) electrons. The number of benzene rings is 2. The maximum Gasteiger partial charge on any atom is 0.262 e.